The summed E-state index contributed by atoms with van der Waals surface area (Å²) in [7, 11) is 0. The van der Waals surface area contributed by atoms with Crippen molar-refractivity contribution in [3.05, 3.63) is 42.2 Å². The Kier molecular flexibility index (Phi) is 17.7. The number of aryl methyl sites for hydroxylation is 1. The Bertz CT molecular complexity index is 778. The fourth-order valence-corrected chi connectivity index (χ4v) is 4.73. The van der Waals surface area contributed by atoms with E-state index >= 15 is 0 Å². The zero-order valence-corrected chi connectivity index (χ0v) is 23.9. The Morgan fingerprint density at radius 2 is 1.16 bits per heavy atom. The molecule has 0 radical (unpaired) electrons. The lowest BCUT2D eigenvalue weighted by Crippen LogP contribution is -2.03. The Hall–Kier alpha value is -1.97. The summed E-state index contributed by atoms with van der Waals surface area (Å²) >= 11 is 0. The highest BCUT2D eigenvalue weighted by atomic mass is 19.1. The van der Waals surface area contributed by atoms with Crippen molar-refractivity contribution in [2.45, 2.75) is 142 Å². The summed E-state index contributed by atoms with van der Waals surface area (Å²) in [5.41, 5.74) is 1.98. The molecule has 1 aromatic carbocycles. The van der Waals surface area contributed by atoms with Gasteiger partial charge in [-0.25, -0.2) is 14.4 Å². The number of benzene rings is 1. The molecule has 208 valence electrons. The molecule has 0 fully saturated rings. The van der Waals surface area contributed by atoms with Gasteiger partial charge < -0.3 is 4.74 Å². The molecule has 0 unspecified atom stereocenters. The maximum Gasteiger partial charge on any atom is 0.159 e. The second-order valence-corrected chi connectivity index (χ2v) is 10.7. The van der Waals surface area contributed by atoms with Gasteiger partial charge in [0, 0.05) is 18.0 Å². The van der Waals surface area contributed by atoms with Crippen LogP contribution in [0.15, 0.2) is 36.7 Å². The summed E-state index contributed by atoms with van der Waals surface area (Å²) in [5, 5.41) is 0. The molecular weight excluding hydrogens is 459 g/mol. The maximum absolute atomic E-state index is 14.2. The Labute approximate surface area is 227 Å². The molecule has 0 N–H and O–H groups in total. The first-order valence-electron chi connectivity index (χ1n) is 15.4. The second-order valence-electron chi connectivity index (χ2n) is 10.7. The molecule has 37 heavy (non-hydrogen) atoms. The van der Waals surface area contributed by atoms with E-state index in [0.717, 1.165) is 42.7 Å². The lowest BCUT2D eigenvalue weighted by Gasteiger charge is -2.09. The number of halogens is 1. The van der Waals surface area contributed by atoms with Crippen molar-refractivity contribution in [2.24, 2.45) is 0 Å². The fraction of sp³-hybridized carbons (Fsp3) is 0.697. The quantitative estimate of drug-likeness (QED) is 0.139. The average molecular weight is 513 g/mol. The molecular formula is C33H53FN2O. The van der Waals surface area contributed by atoms with Gasteiger partial charge in [-0.15, -0.1) is 0 Å². The maximum atomic E-state index is 14.2. The van der Waals surface area contributed by atoms with Gasteiger partial charge >= 0.3 is 0 Å². The van der Waals surface area contributed by atoms with Crippen LogP contribution in [0.1, 0.15) is 135 Å². The first-order valence-corrected chi connectivity index (χ1v) is 15.4. The lowest BCUT2D eigenvalue weighted by atomic mass is 10.0. The molecule has 0 saturated heterocycles. The van der Waals surface area contributed by atoms with Gasteiger partial charge in [0.05, 0.1) is 6.61 Å². The van der Waals surface area contributed by atoms with E-state index in [1.54, 1.807) is 0 Å². The summed E-state index contributed by atoms with van der Waals surface area (Å²) in [5.74, 6) is 1.60. The van der Waals surface area contributed by atoms with Crippen LogP contribution >= 0.6 is 0 Å². The summed E-state index contributed by atoms with van der Waals surface area (Å²) in [6.45, 7) is 5.27. The zero-order valence-electron chi connectivity index (χ0n) is 23.9. The highest BCUT2D eigenvalue weighted by Crippen LogP contribution is 2.21. The zero-order chi connectivity index (χ0) is 26.4. The SMILES string of the molecule is CCCCCCCCCCCCOc1ccc(-c2ncc(CC[C@@H](F)CCCCCCCC)cn2)cc1. The van der Waals surface area contributed by atoms with Gasteiger partial charge in [0.15, 0.2) is 5.82 Å². The minimum absolute atomic E-state index is 0.558. The molecule has 0 spiro atoms. The third kappa shape index (κ3) is 15.1. The van der Waals surface area contributed by atoms with E-state index in [-0.39, 0.29) is 0 Å². The third-order valence-corrected chi connectivity index (χ3v) is 7.20. The van der Waals surface area contributed by atoms with Gasteiger partial charge in [-0.3, -0.25) is 0 Å². The molecule has 1 heterocycles. The smallest absolute Gasteiger partial charge is 0.159 e. The minimum atomic E-state index is -0.723. The van der Waals surface area contributed by atoms with Crippen LogP contribution in [-0.2, 0) is 6.42 Å². The summed E-state index contributed by atoms with van der Waals surface area (Å²) in [6.07, 6.45) is 25.4. The highest BCUT2D eigenvalue weighted by molar-refractivity contribution is 5.55. The molecule has 0 aliphatic carbocycles. The van der Waals surface area contributed by atoms with E-state index in [0.29, 0.717) is 25.1 Å². The monoisotopic (exact) mass is 512 g/mol. The van der Waals surface area contributed by atoms with Crippen molar-refractivity contribution >= 4 is 0 Å². The van der Waals surface area contributed by atoms with Crippen LogP contribution in [0.25, 0.3) is 11.4 Å². The molecule has 4 heteroatoms. The molecule has 1 aromatic heterocycles. The topological polar surface area (TPSA) is 35.0 Å². The largest absolute Gasteiger partial charge is 0.494 e. The van der Waals surface area contributed by atoms with Crippen LogP contribution in [0.4, 0.5) is 4.39 Å². The molecule has 1 atom stereocenters. The number of nitrogens with zero attached hydrogens (tertiary/aromatic N) is 2. The van der Waals surface area contributed by atoms with Crippen LogP contribution in [0.5, 0.6) is 5.75 Å². The van der Waals surface area contributed by atoms with Gasteiger partial charge in [-0.05, 0) is 55.5 Å². The summed E-state index contributed by atoms with van der Waals surface area (Å²) < 4.78 is 20.1. The van der Waals surface area contributed by atoms with Crippen LogP contribution < -0.4 is 4.74 Å². The van der Waals surface area contributed by atoms with Gasteiger partial charge in [0.2, 0.25) is 0 Å². The molecule has 2 aromatic rings. The first-order chi connectivity index (χ1) is 18.2. The van der Waals surface area contributed by atoms with Crippen molar-refractivity contribution in [1.29, 1.82) is 0 Å². The Morgan fingerprint density at radius 3 is 1.73 bits per heavy atom. The molecule has 3 nitrogen and oxygen atoms in total. The van der Waals surface area contributed by atoms with E-state index in [1.807, 2.05) is 36.7 Å². The normalized spacial score (nSPS) is 12.1. The molecule has 0 amide bonds. The van der Waals surface area contributed by atoms with Crippen LogP contribution in [0.2, 0.25) is 0 Å². The molecule has 0 saturated carbocycles. The van der Waals surface area contributed by atoms with E-state index in [9.17, 15) is 4.39 Å². The van der Waals surface area contributed by atoms with Crippen molar-refractivity contribution in [2.75, 3.05) is 6.61 Å². The number of alkyl halides is 1. The Morgan fingerprint density at radius 1 is 0.649 bits per heavy atom. The number of rotatable bonds is 23. The molecule has 0 bridgehead atoms. The fourth-order valence-electron chi connectivity index (χ4n) is 4.73. The van der Waals surface area contributed by atoms with Gasteiger partial charge in [-0.1, -0.05) is 110 Å². The number of hydrogen-bond acceptors (Lipinski definition) is 3. The summed E-state index contributed by atoms with van der Waals surface area (Å²) in [4.78, 5) is 9.04. The predicted octanol–water partition coefficient (Wildman–Crippen LogP) is 10.5. The molecule has 0 aliphatic rings. The van der Waals surface area contributed by atoms with Crippen LogP contribution in [0, 0.1) is 0 Å². The number of unbranched alkanes of at least 4 members (excludes halogenated alkanes) is 14. The van der Waals surface area contributed by atoms with Gasteiger partial charge in [0.25, 0.3) is 0 Å². The lowest BCUT2D eigenvalue weighted by molar-refractivity contribution is 0.287. The number of aromatic nitrogens is 2. The van der Waals surface area contributed by atoms with Crippen LogP contribution in [0.3, 0.4) is 0 Å². The molecule has 0 aliphatic heterocycles. The van der Waals surface area contributed by atoms with Crippen molar-refractivity contribution < 1.29 is 9.13 Å². The minimum Gasteiger partial charge on any atom is -0.494 e. The van der Waals surface area contributed by atoms with E-state index < -0.39 is 6.17 Å². The predicted molar refractivity (Wildman–Crippen MR) is 156 cm³/mol. The van der Waals surface area contributed by atoms with Crippen molar-refractivity contribution in [3.63, 3.8) is 0 Å². The van der Waals surface area contributed by atoms with Crippen molar-refractivity contribution in [3.8, 4) is 17.1 Å². The first kappa shape index (κ1) is 31.2. The number of hydrogen-bond donors (Lipinski definition) is 0. The average Bonchev–Trinajstić information content (AvgIpc) is 2.93. The van der Waals surface area contributed by atoms with E-state index in [2.05, 4.69) is 23.8 Å². The third-order valence-electron chi connectivity index (χ3n) is 7.20. The second kappa shape index (κ2) is 21.0. The van der Waals surface area contributed by atoms with Gasteiger partial charge in [0.1, 0.15) is 11.9 Å². The van der Waals surface area contributed by atoms with E-state index in [4.69, 9.17) is 4.74 Å². The van der Waals surface area contributed by atoms with Crippen LogP contribution in [-0.4, -0.2) is 22.7 Å². The standard InChI is InChI=1S/C33H53FN2O/c1-3-5-7-9-11-12-13-14-16-18-26-37-32-24-21-30(22-25-32)33-35-27-29(28-36-33)20-23-31(34)19-17-15-10-8-6-4-2/h21-22,24-25,27-28,31H,3-20,23,26H2,1-2H3/t31-/m0/s1. The van der Waals surface area contributed by atoms with E-state index in [1.165, 1.54) is 83.5 Å². The van der Waals surface area contributed by atoms with Crippen molar-refractivity contribution in [1.82, 2.24) is 9.97 Å². The van der Waals surface area contributed by atoms with Gasteiger partial charge in [-0.2, -0.15) is 0 Å². The number of ether oxygens (including phenoxy) is 1. The molecule has 2 rings (SSSR count). The summed E-state index contributed by atoms with van der Waals surface area (Å²) in [6, 6.07) is 8.03. The highest BCUT2D eigenvalue weighted by Gasteiger charge is 2.08. The Balaban J connectivity index is 1.57.